The van der Waals surface area contributed by atoms with Crippen molar-refractivity contribution in [1.82, 2.24) is 10.2 Å². The fourth-order valence-corrected chi connectivity index (χ4v) is 2.38. The lowest BCUT2D eigenvalue weighted by atomic mass is 9.99. The molecule has 6 nitrogen and oxygen atoms in total. The van der Waals surface area contributed by atoms with E-state index < -0.39 is 17.7 Å². The molecule has 1 fully saturated rings. The molecule has 0 saturated carbocycles. The summed E-state index contributed by atoms with van der Waals surface area (Å²) in [4.78, 5) is 36.2. The van der Waals surface area contributed by atoms with Crippen molar-refractivity contribution in [3.63, 3.8) is 0 Å². The molecule has 6 heteroatoms. The Labute approximate surface area is 109 Å². The third-order valence-corrected chi connectivity index (χ3v) is 3.26. The van der Waals surface area contributed by atoms with Crippen molar-refractivity contribution in [2.45, 2.75) is 5.92 Å². The van der Waals surface area contributed by atoms with Crippen LogP contribution in [0.25, 0.3) is 0 Å². The monoisotopic (exact) mass is 260 g/mol. The average Bonchev–Trinajstić information content (AvgIpc) is 2.80. The zero-order valence-corrected chi connectivity index (χ0v) is 10.1. The molecule has 19 heavy (non-hydrogen) atoms. The maximum absolute atomic E-state index is 12.4. The Morgan fingerprint density at radius 2 is 1.89 bits per heavy atom. The number of para-hydroxylation sites is 1. The zero-order chi connectivity index (χ0) is 13.4. The van der Waals surface area contributed by atoms with E-state index in [9.17, 15) is 14.4 Å². The summed E-state index contributed by atoms with van der Waals surface area (Å²) in [6.07, 6.45) is 0. The van der Waals surface area contributed by atoms with Crippen molar-refractivity contribution in [1.29, 1.82) is 0 Å². The van der Waals surface area contributed by atoms with Gasteiger partial charge in [0.1, 0.15) is 31.4 Å². The van der Waals surface area contributed by atoms with Crippen molar-refractivity contribution < 1.29 is 19.1 Å². The van der Waals surface area contributed by atoms with E-state index in [1.807, 2.05) is 18.2 Å². The maximum atomic E-state index is 12.4. The largest absolute Gasteiger partial charge is 0.492 e. The number of fused-ring (bicyclic) bond motifs is 1. The molecule has 0 spiro atoms. The number of carbonyl (C=O) groups excluding carboxylic acids is 3. The number of amides is 3. The third-order valence-electron chi connectivity index (χ3n) is 3.26. The smallest absolute Gasteiger partial charge is 0.246 e. The molecule has 1 N–H and O–H groups in total. The summed E-state index contributed by atoms with van der Waals surface area (Å²) in [7, 11) is 0. The average molecular weight is 260 g/mol. The number of nitrogens with zero attached hydrogens (tertiary/aromatic N) is 1. The predicted octanol–water partition coefficient (Wildman–Crippen LogP) is -0.352. The van der Waals surface area contributed by atoms with Crippen molar-refractivity contribution in [3.05, 3.63) is 29.8 Å². The van der Waals surface area contributed by atoms with E-state index in [0.29, 0.717) is 5.75 Å². The number of rotatable bonds is 1. The number of carbonyl (C=O) groups is 3. The maximum Gasteiger partial charge on any atom is 0.246 e. The van der Waals surface area contributed by atoms with Gasteiger partial charge in [0.25, 0.3) is 0 Å². The van der Waals surface area contributed by atoms with Crippen LogP contribution >= 0.6 is 0 Å². The Bertz CT molecular complexity index is 554. The van der Waals surface area contributed by atoms with E-state index in [1.165, 1.54) is 4.90 Å². The van der Waals surface area contributed by atoms with Crippen LogP contribution in [-0.4, -0.2) is 42.3 Å². The van der Waals surface area contributed by atoms with Gasteiger partial charge in [-0.2, -0.15) is 0 Å². The Kier molecular flexibility index (Phi) is 2.70. The van der Waals surface area contributed by atoms with Gasteiger partial charge in [-0.1, -0.05) is 18.2 Å². The minimum Gasteiger partial charge on any atom is -0.492 e. The number of hydrogen-bond donors (Lipinski definition) is 1. The van der Waals surface area contributed by atoms with Crippen LogP contribution in [0.3, 0.4) is 0 Å². The molecule has 2 aliphatic heterocycles. The number of hydrogen-bond acceptors (Lipinski definition) is 4. The molecule has 1 atom stereocenters. The first-order chi connectivity index (χ1) is 9.15. The van der Waals surface area contributed by atoms with Crippen LogP contribution in [0, 0.1) is 0 Å². The Morgan fingerprint density at radius 1 is 1.21 bits per heavy atom. The molecular formula is C13H12N2O4. The van der Waals surface area contributed by atoms with Crippen LogP contribution < -0.4 is 10.1 Å². The van der Waals surface area contributed by atoms with E-state index in [0.717, 1.165) is 5.56 Å². The summed E-state index contributed by atoms with van der Waals surface area (Å²) in [6.45, 7) is 0.0942. The summed E-state index contributed by atoms with van der Waals surface area (Å²) in [5.74, 6) is -0.884. The van der Waals surface area contributed by atoms with Gasteiger partial charge in [0.2, 0.25) is 17.7 Å². The zero-order valence-electron chi connectivity index (χ0n) is 10.1. The molecule has 1 aromatic carbocycles. The summed E-state index contributed by atoms with van der Waals surface area (Å²) in [5, 5.41) is 2.17. The van der Waals surface area contributed by atoms with Crippen LogP contribution in [0.1, 0.15) is 11.5 Å². The van der Waals surface area contributed by atoms with Crippen LogP contribution in [0.4, 0.5) is 0 Å². The van der Waals surface area contributed by atoms with Crippen molar-refractivity contribution in [2.75, 3.05) is 19.7 Å². The third kappa shape index (κ3) is 2.05. The molecule has 2 heterocycles. The second-order valence-corrected chi connectivity index (χ2v) is 4.57. The lowest BCUT2D eigenvalue weighted by molar-refractivity contribution is -0.146. The first-order valence-electron chi connectivity index (χ1n) is 5.98. The highest BCUT2D eigenvalue weighted by atomic mass is 16.5. The molecule has 0 radical (unpaired) electrons. The van der Waals surface area contributed by atoms with Gasteiger partial charge in [-0.3, -0.25) is 19.7 Å². The van der Waals surface area contributed by atoms with Crippen LogP contribution in [-0.2, 0) is 14.4 Å². The number of imide groups is 1. The Hall–Kier alpha value is -2.37. The van der Waals surface area contributed by atoms with E-state index in [2.05, 4.69) is 5.32 Å². The highest BCUT2D eigenvalue weighted by molar-refractivity contribution is 6.03. The van der Waals surface area contributed by atoms with E-state index in [4.69, 9.17) is 4.74 Å². The molecule has 0 aromatic heterocycles. The van der Waals surface area contributed by atoms with E-state index >= 15 is 0 Å². The number of piperazine rings is 1. The SMILES string of the molecule is O=C1CN(C(=O)C2COc3ccccc32)CC(=O)N1. The molecular weight excluding hydrogens is 248 g/mol. The molecule has 3 rings (SSSR count). The number of benzene rings is 1. The minimum atomic E-state index is -0.447. The van der Waals surface area contributed by atoms with E-state index in [-0.39, 0.29) is 25.6 Å². The van der Waals surface area contributed by atoms with Crippen LogP contribution in [0.5, 0.6) is 5.75 Å². The second-order valence-electron chi connectivity index (χ2n) is 4.57. The molecule has 1 unspecified atom stereocenters. The first kappa shape index (κ1) is 11.7. The quantitative estimate of drug-likeness (QED) is 0.700. The highest BCUT2D eigenvalue weighted by Gasteiger charge is 2.36. The summed E-state index contributed by atoms with van der Waals surface area (Å²) < 4.78 is 5.44. The molecule has 2 aliphatic rings. The highest BCUT2D eigenvalue weighted by Crippen LogP contribution is 2.34. The lowest BCUT2D eigenvalue weighted by Crippen LogP contribution is -2.54. The first-order valence-corrected chi connectivity index (χ1v) is 5.98. The Balaban J connectivity index is 1.82. The van der Waals surface area contributed by atoms with Crippen molar-refractivity contribution >= 4 is 17.7 Å². The second kappa shape index (κ2) is 4.38. The molecule has 0 bridgehead atoms. The fourth-order valence-electron chi connectivity index (χ4n) is 2.38. The normalized spacial score (nSPS) is 21.7. The van der Waals surface area contributed by atoms with Crippen molar-refractivity contribution in [3.8, 4) is 5.75 Å². The van der Waals surface area contributed by atoms with Crippen LogP contribution in [0.2, 0.25) is 0 Å². The predicted molar refractivity (Wildman–Crippen MR) is 64.4 cm³/mol. The molecule has 0 aliphatic carbocycles. The van der Waals surface area contributed by atoms with Crippen LogP contribution in [0.15, 0.2) is 24.3 Å². The minimum absolute atomic E-state index is 0.0801. The van der Waals surface area contributed by atoms with Gasteiger partial charge in [0.15, 0.2) is 0 Å². The van der Waals surface area contributed by atoms with Gasteiger partial charge in [0.05, 0.1) is 0 Å². The van der Waals surface area contributed by atoms with Crippen molar-refractivity contribution in [2.24, 2.45) is 0 Å². The van der Waals surface area contributed by atoms with Gasteiger partial charge >= 0.3 is 0 Å². The lowest BCUT2D eigenvalue weighted by Gasteiger charge is -2.27. The fraction of sp³-hybridized carbons (Fsp3) is 0.308. The summed E-state index contributed by atoms with van der Waals surface area (Å²) in [5.41, 5.74) is 0.811. The summed E-state index contributed by atoms with van der Waals surface area (Å²) in [6, 6.07) is 7.30. The molecule has 98 valence electrons. The summed E-state index contributed by atoms with van der Waals surface area (Å²) >= 11 is 0. The van der Waals surface area contributed by atoms with E-state index in [1.54, 1.807) is 6.07 Å². The van der Waals surface area contributed by atoms with Gasteiger partial charge in [-0.05, 0) is 6.07 Å². The van der Waals surface area contributed by atoms with Gasteiger partial charge in [-0.25, -0.2) is 0 Å². The Morgan fingerprint density at radius 3 is 2.63 bits per heavy atom. The number of nitrogens with one attached hydrogen (secondary N) is 1. The molecule has 3 amide bonds. The standard InChI is InChI=1S/C13H12N2O4/c16-11-5-15(6-12(17)14-11)13(18)9-7-19-10-4-2-1-3-8(9)10/h1-4,9H,5-7H2,(H,14,16,17). The topological polar surface area (TPSA) is 75.7 Å². The molecule has 1 aromatic rings. The number of ether oxygens (including phenoxy) is 1. The van der Waals surface area contributed by atoms with Gasteiger partial charge in [-0.15, -0.1) is 0 Å². The van der Waals surface area contributed by atoms with Gasteiger partial charge < -0.3 is 9.64 Å². The molecule has 1 saturated heterocycles. The van der Waals surface area contributed by atoms with Gasteiger partial charge in [0, 0.05) is 5.56 Å².